The molecule has 8 heteroatoms. The summed E-state index contributed by atoms with van der Waals surface area (Å²) < 4.78 is 33.0. The number of sulfonamides is 1. The summed E-state index contributed by atoms with van der Waals surface area (Å²) in [6.07, 6.45) is 1.76. The zero-order valence-corrected chi connectivity index (χ0v) is 13.2. The van der Waals surface area contributed by atoms with Gasteiger partial charge in [-0.15, -0.1) is 0 Å². The molecule has 0 amide bonds. The van der Waals surface area contributed by atoms with Crippen LogP contribution in [0.15, 0.2) is 11.2 Å². The van der Waals surface area contributed by atoms with Gasteiger partial charge in [-0.25, -0.2) is 13.4 Å². The molecule has 0 aliphatic carbocycles. The molecule has 1 aromatic heterocycles. The van der Waals surface area contributed by atoms with Crippen LogP contribution in [0.3, 0.4) is 0 Å². The van der Waals surface area contributed by atoms with Crippen molar-refractivity contribution < 1.29 is 17.9 Å². The van der Waals surface area contributed by atoms with E-state index in [4.69, 9.17) is 0 Å². The highest BCUT2D eigenvalue weighted by Gasteiger charge is 2.28. The Kier molecular flexibility index (Phi) is 5.29. The fraction of sp³-hybridized carbons (Fsp3) is 0.667. The highest BCUT2D eigenvalue weighted by Crippen LogP contribution is 2.12. The van der Waals surface area contributed by atoms with Gasteiger partial charge in [0.05, 0.1) is 7.11 Å². The van der Waals surface area contributed by atoms with Gasteiger partial charge in [0.2, 0.25) is 0 Å². The molecule has 0 bridgehead atoms. The van der Waals surface area contributed by atoms with Gasteiger partial charge < -0.3 is 9.30 Å². The first-order chi connectivity index (χ1) is 9.17. The summed E-state index contributed by atoms with van der Waals surface area (Å²) >= 11 is 0. The number of nitrogens with zero attached hydrogens (tertiary/aromatic N) is 2. The maximum Gasteiger partial charge on any atom is 0.323 e. The van der Waals surface area contributed by atoms with Gasteiger partial charge in [-0.3, -0.25) is 4.79 Å². The van der Waals surface area contributed by atoms with Gasteiger partial charge in [-0.05, 0) is 19.3 Å². The lowest BCUT2D eigenvalue weighted by atomic mass is 10.1. The van der Waals surface area contributed by atoms with Crippen LogP contribution < -0.4 is 4.72 Å². The van der Waals surface area contributed by atoms with Gasteiger partial charge in [0.15, 0.2) is 5.03 Å². The van der Waals surface area contributed by atoms with E-state index in [9.17, 15) is 13.2 Å². The number of ether oxygens (including phenoxy) is 1. The van der Waals surface area contributed by atoms with Gasteiger partial charge in [0, 0.05) is 13.2 Å². The molecule has 7 nitrogen and oxygen atoms in total. The fourth-order valence-electron chi connectivity index (χ4n) is 1.71. The van der Waals surface area contributed by atoms with Crippen LogP contribution in [0, 0.1) is 12.8 Å². The molecule has 1 N–H and O–H groups in total. The molecule has 1 rings (SSSR count). The standard InChI is InChI=1S/C12H21N3O4S/c1-8(2)6-10(12(16)19-5)14-20(17,18)11-7-15(4)9(3)13-11/h7-8,10,14H,6H2,1-5H3. The zero-order chi connectivity index (χ0) is 15.5. The Labute approximate surface area is 119 Å². The quantitative estimate of drug-likeness (QED) is 0.777. The molecule has 0 saturated heterocycles. The van der Waals surface area contributed by atoms with Crippen molar-refractivity contribution >= 4 is 16.0 Å². The topological polar surface area (TPSA) is 90.3 Å². The third-order valence-corrected chi connectivity index (χ3v) is 4.19. The SMILES string of the molecule is COC(=O)C(CC(C)C)NS(=O)(=O)c1cn(C)c(C)n1. The summed E-state index contributed by atoms with van der Waals surface area (Å²) in [4.78, 5) is 15.6. The second-order valence-corrected chi connectivity index (χ2v) is 6.72. The van der Waals surface area contributed by atoms with E-state index in [1.165, 1.54) is 13.3 Å². The number of hydrogen-bond acceptors (Lipinski definition) is 5. The van der Waals surface area contributed by atoms with Crippen LogP contribution in [0.5, 0.6) is 0 Å². The molecule has 1 heterocycles. The van der Waals surface area contributed by atoms with E-state index in [0.29, 0.717) is 12.2 Å². The minimum Gasteiger partial charge on any atom is -0.468 e. The van der Waals surface area contributed by atoms with Gasteiger partial charge in [0.25, 0.3) is 10.0 Å². The van der Waals surface area contributed by atoms with Crippen LogP contribution in [0.4, 0.5) is 0 Å². The van der Waals surface area contributed by atoms with Gasteiger partial charge in [0.1, 0.15) is 11.9 Å². The Hall–Kier alpha value is -1.41. The maximum atomic E-state index is 12.2. The third-order valence-electron chi connectivity index (χ3n) is 2.85. The van der Waals surface area contributed by atoms with Crippen molar-refractivity contribution in [2.75, 3.05) is 7.11 Å². The Bertz CT molecular complexity index is 558. The van der Waals surface area contributed by atoms with Crippen LogP contribution in [0.25, 0.3) is 0 Å². The number of carbonyl (C=O) groups is 1. The number of aryl methyl sites for hydroxylation is 2. The van der Waals surface area contributed by atoms with Crippen LogP contribution >= 0.6 is 0 Å². The highest BCUT2D eigenvalue weighted by atomic mass is 32.2. The molecule has 0 aliphatic rings. The van der Waals surface area contributed by atoms with Gasteiger partial charge in [-0.2, -0.15) is 4.72 Å². The van der Waals surface area contributed by atoms with Gasteiger partial charge >= 0.3 is 5.97 Å². The normalized spacial score (nSPS) is 13.5. The molecule has 0 spiro atoms. The molecule has 0 aliphatic heterocycles. The Balaban J connectivity index is 2.99. The number of hydrogen-bond donors (Lipinski definition) is 1. The lowest BCUT2D eigenvalue weighted by Crippen LogP contribution is -2.42. The van der Waals surface area contributed by atoms with E-state index < -0.39 is 22.0 Å². The second kappa shape index (κ2) is 6.36. The molecule has 1 atom stereocenters. The third kappa shape index (κ3) is 4.04. The van der Waals surface area contributed by atoms with Crippen molar-refractivity contribution in [2.24, 2.45) is 13.0 Å². The molecule has 1 aromatic rings. The smallest absolute Gasteiger partial charge is 0.323 e. The monoisotopic (exact) mass is 303 g/mol. The van der Waals surface area contributed by atoms with Crippen molar-refractivity contribution in [2.45, 2.75) is 38.3 Å². The Morgan fingerprint density at radius 2 is 2.10 bits per heavy atom. The minimum absolute atomic E-state index is 0.102. The number of nitrogens with one attached hydrogen (secondary N) is 1. The summed E-state index contributed by atoms with van der Waals surface area (Å²) in [5.74, 6) is 0.117. The summed E-state index contributed by atoms with van der Waals surface area (Å²) in [6.45, 7) is 5.50. The Morgan fingerprint density at radius 3 is 2.50 bits per heavy atom. The number of aromatic nitrogens is 2. The average Bonchev–Trinajstić information content (AvgIpc) is 2.68. The largest absolute Gasteiger partial charge is 0.468 e. The zero-order valence-electron chi connectivity index (χ0n) is 12.4. The Morgan fingerprint density at radius 1 is 1.50 bits per heavy atom. The maximum absolute atomic E-state index is 12.2. The van der Waals surface area contributed by atoms with Crippen molar-refractivity contribution in [3.63, 3.8) is 0 Å². The first-order valence-electron chi connectivity index (χ1n) is 6.27. The number of imidazole rings is 1. The van der Waals surface area contributed by atoms with Crippen molar-refractivity contribution in [3.05, 3.63) is 12.0 Å². The number of rotatable bonds is 6. The number of carbonyl (C=O) groups excluding carboxylic acids is 1. The van der Waals surface area contributed by atoms with Gasteiger partial charge in [-0.1, -0.05) is 13.8 Å². The molecule has 0 radical (unpaired) electrons. The summed E-state index contributed by atoms with van der Waals surface area (Å²) in [5.41, 5.74) is 0. The summed E-state index contributed by atoms with van der Waals surface area (Å²) in [5, 5.41) is -0.102. The molecular formula is C12H21N3O4S. The van der Waals surface area contributed by atoms with E-state index in [1.807, 2.05) is 13.8 Å². The first-order valence-corrected chi connectivity index (χ1v) is 7.75. The molecular weight excluding hydrogens is 282 g/mol. The van der Waals surface area contributed by atoms with E-state index in [-0.39, 0.29) is 10.9 Å². The first kappa shape index (κ1) is 16.6. The lowest BCUT2D eigenvalue weighted by molar-refractivity contribution is -0.143. The number of methoxy groups -OCH3 is 1. The van der Waals surface area contributed by atoms with Crippen molar-refractivity contribution in [3.8, 4) is 0 Å². The van der Waals surface area contributed by atoms with E-state index in [1.54, 1.807) is 18.5 Å². The predicted octanol–water partition coefficient (Wildman–Crippen LogP) is 0.595. The highest BCUT2D eigenvalue weighted by molar-refractivity contribution is 7.89. The molecule has 20 heavy (non-hydrogen) atoms. The molecule has 0 fully saturated rings. The van der Waals surface area contributed by atoms with Crippen molar-refractivity contribution in [1.82, 2.24) is 14.3 Å². The van der Waals surface area contributed by atoms with Crippen LogP contribution in [0.2, 0.25) is 0 Å². The lowest BCUT2D eigenvalue weighted by Gasteiger charge is -2.17. The fourth-order valence-corrected chi connectivity index (χ4v) is 2.95. The van der Waals surface area contributed by atoms with E-state index in [2.05, 4.69) is 14.4 Å². The average molecular weight is 303 g/mol. The molecule has 0 saturated carbocycles. The number of esters is 1. The molecule has 114 valence electrons. The van der Waals surface area contributed by atoms with E-state index in [0.717, 1.165) is 0 Å². The van der Waals surface area contributed by atoms with Crippen LogP contribution in [-0.4, -0.2) is 37.1 Å². The predicted molar refractivity (Wildman–Crippen MR) is 73.5 cm³/mol. The summed E-state index contributed by atoms with van der Waals surface area (Å²) in [7, 11) is -0.912. The second-order valence-electron chi connectivity index (χ2n) is 5.06. The van der Waals surface area contributed by atoms with E-state index >= 15 is 0 Å². The minimum atomic E-state index is -3.84. The van der Waals surface area contributed by atoms with Crippen molar-refractivity contribution in [1.29, 1.82) is 0 Å². The molecule has 0 aromatic carbocycles. The van der Waals surface area contributed by atoms with Crippen LogP contribution in [0.1, 0.15) is 26.1 Å². The molecule has 1 unspecified atom stereocenters. The van der Waals surface area contributed by atoms with Crippen LogP contribution in [-0.2, 0) is 26.6 Å². The summed E-state index contributed by atoms with van der Waals surface area (Å²) in [6, 6.07) is -0.910.